The first-order chi connectivity index (χ1) is 9.99. The van der Waals surface area contributed by atoms with Crippen LogP contribution in [0.3, 0.4) is 0 Å². The fraction of sp³-hybridized carbons (Fsp3) is 0.200. The zero-order valence-corrected chi connectivity index (χ0v) is 11.7. The Labute approximate surface area is 121 Å². The topological polar surface area (TPSA) is 85.4 Å². The maximum absolute atomic E-state index is 14.3. The molecule has 0 bridgehead atoms. The van der Waals surface area contributed by atoms with Crippen LogP contribution in [0.5, 0.6) is 5.75 Å². The van der Waals surface area contributed by atoms with Gasteiger partial charge in [0.1, 0.15) is 11.4 Å². The van der Waals surface area contributed by atoms with Crippen LogP contribution in [0.2, 0.25) is 0 Å². The quantitative estimate of drug-likeness (QED) is 0.904. The summed E-state index contributed by atoms with van der Waals surface area (Å²) in [6, 6.07) is 7.03. The fourth-order valence-corrected chi connectivity index (χ4v) is 2.01. The van der Waals surface area contributed by atoms with Gasteiger partial charge in [-0.1, -0.05) is 31.2 Å². The minimum Gasteiger partial charge on any atom is -0.492 e. The van der Waals surface area contributed by atoms with Crippen molar-refractivity contribution in [2.24, 2.45) is 0 Å². The highest BCUT2D eigenvalue weighted by Gasteiger charge is 2.23. The van der Waals surface area contributed by atoms with Crippen molar-refractivity contribution in [3.05, 3.63) is 41.3 Å². The Balaban J connectivity index is 2.65. The largest absolute Gasteiger partial charge is 0.492 e. The van der Waals surface area contributed by atoms with Gasteiger partial charge in [-0.05, 0) is 12.0 Å². The summed E-state index contributed by atoms with van der Waals surface area (Å²) >= 11 is 0. The average molecular weight is 290 g/mol. The van der Waals surface area contributed by atoms with E-state index in [1.807, 2.05) is 19.1 Å². The predicted octanol–water partition coefficient (Wildman–Crippen LogP) is 2.74. The lowest BCUT2D eigenvalue weighted by Crippen LogP contribution is -2.10. The van der Waals surface area contributed by atoms with Crippen molar-refractivity contribution >= 4 is 11.7 Å². The van der Waals surface area contributed by atoms with Crippen LogP contribution in [0.1, 0.15) is 23.0 Å². The van der Waals surface area contributed by atoms with Crippen LogP contribution in [0.4, 0.5) is 10.1 Å². The molecule has 0 atom stereocenters. The third kappa shape index (κ3) is 2.65. The lowest BCUT2D eigenvalue weighted by molar-refractivity contribution is 0.0686. The van der Waals surface area contributed by atoms with Gasteiger partial charge in [-0.3, -0.25) is 0 Å². The van der Waals surface area contributed by atoms with Gasteiger partial charge in [0.2, 0.25) is 0 Å². The van der Waals surface area contributed by atoms with Crippen molar-refractivity contribution in [2.45, 2.75) is 13.3 Å². The summed E-state index contributed by atoms with van der Waals surface area (Å²) in [5, 5.41) is 9.15. The van der Waals surface area contributed by atoms with Gasteiger partial charge in [-0.2, -0.15) is 0 Å². The van der Waals surface area contributed by atoms with Crippen molar-refractivity contribution in [1.29, 1.82) is 0 Å². The highest BCUT2D eigenvalue weighted by molar-refractivity contribution is 5.92. The molecule has 110 valence electrons. The Morgan fingerprint density at radius 1 is 1.38 bits per heavy atom. The molecule has 3 N–H and O–H groups in total. The van der Waals surface area contributed by atoms with Crippen molar-refractivity contribution < 1.29 is 19.0 Å². The second-order valence-electron chi connectivity index (χ2n) is 4.43. The highest BCUT2D eigenvalue weighted by Crippen LogP contribution is 2.33. The lowest BCUT2D eigenvalue weighted by atomic mass is 10.1. The molecule has 1 aromatic heterocycles. The van der Waals surface area contributed by atoms with Gasteiger partial charge in [-0.25, -0.2) is 14.2 Å². The van der Waals surface area contributed by atoms with Crippen LogP contribution in [0.15, 0.2) is 24.3 Å². The van der Waals surface area contributed by atoms with Gasteiger partial charge in [-0.15, -0.1) is 0 Å². The summed E-state index contributed by atoms with van der Waals surface area (Å²) in [5.41, 5.74) is 6.29. The van der Waals surface area contributed by atoms with Gasteiger partial charge in [0.15, 0.2) is 17.3 Å². The summed E-state index contributed by atoms with van der Waals surface area (Å²) in [5.74, 6) is -2.39. The van der Waals surface area contributed by atoms with Crippen molar-refractivity contribution in [2.75, 3.05) is 12.8 Å². The Bertz CT molecular complexity index is 684. The van der Waals surface area contributed by atoms with Gasteiger partial charge >= 0.3 is 5.97 Å². The van der Waals surface area contributed by atoms with Gasteiger partial charge < -0.3 is 15.6 Å². The summed E-state index contributed by atoms with van der Waals surface area (Å²) in [7, 11) is 1.22. The molecule has 2 aromatic rings. The highest BCUT2D eigenvalue weighted by atomic mass is 19.1. The number of halogens is 1. The molecule has 21 heavy (non-hydrogen) atoms. The Hall–Kier alpha value is -2.63. The van der Waals surface area contributed by atoms with E-state index in [2.05, 4.69) is 4.98 Å². The van der Waals surface area contributed by atoms with Gasteiger partial charge in [0, 0.05) is 5.56 Å². The van der Waals surface area contributed by atoms with E-state index in [-0.39, 0.29) is 17.1 Å². The van der Waals surface area contributed by atoms with Gasteiger partial charge in [0.25, 0.3) is 0 Å². The number of benzene rings is 1. The minimum atomic E-state index is -1.33. The Morgan fingerprint density at radius 3 is 2.48 bits per heavy atom. The molecule has 1 aromatic carbocycles. The number of pyridine rings is 1. The maximum Gasteiger partial charge on any atom is 0.358 e. The number of nitrogens with zero attached hydrogens (tertiary/aromatic N) is 1. The molecule has 0 aliphatic heterocycles. The molecule has 0 unspecified atom stereocenters. The molecule has 2 rings (SSSR count). The van der Waals surface area contributed by atoms with Crippen LogP contribution in [-0.4, -0.2) is 23.2 Å². The summed E-state index contributed by atoms with van der Waals surface area (Å²) in [6.07, 6.45) is 0.849. The number of aryl methyl sites for hydroxylation is 1. The van der Waals surface area contributed by atoms with Crippen LogP contribution in [-0.2, 0) is 6.42 Å². The number of hydrogen-bond acceptors (Lipinski definition) is 4. The number of nitrogen functional groups attached to an aromatic ring is 1. The zero-order chi connectivity index (χ0) is 15.6. The summed E-state index contributed by atoms with van der Waals surface area (Å²) in [6.45, 7) is 2.00. The number of rotatable bonds is 4. The number of hydrogen-bond donors (Lipinski definition) is 2. The summed E-state index contributed by atoms with van der Waals surface area (Å²) < 4.78 is 19.1. The van der Waals surface area contributed by atoms with Crippen LogP contribution < -0.4 is 10.5 Å². The molecule has 0 saturated carbocycles. The van der Waals surface area contributed by atoms with Crippen LogP contribution in [0, 0.1) is 5.82 Å². The van der Waals surface area contributed by atoms with E-state index in [0.717, 1.165) is 12.0 Å². The smallest absolute Gasteiger partial charge is 0.358 e. The number of nitrogens with two attached hydrogens (primary N) is 1. The molecule has 0 radical (unpaired) electrons. The number of anilines is 1. The number of carboxylic acid groups (broad SMARTS) is 1. The van der Waals surface area contributed by atoms with E-state index in [9.17, 15) is 9.18 Å². The number of methoxy groups -OCH3 is 1. The third-order valence-electron chi connectivity index (χ3n) is 3.17. The van der Waals surface area contributed by atoms with Crippen LogP contribution in [0.25, 0.3) is 11.3 Å². The normalized spacial score (nSPS) is 10.4. The number of aromatic nitrogens is 1. The number of ether oxygens (including phenoxy) is 1. The van der Waals surface area contributed by atoms with Crippen molar-refractivity contribution in [3.8, 4) is 17.0 Å². The fourth-order valence-electron chi connectivity index (χ4n) is 2.01. The minimum absolute atomic E-state index is 0.103. The molecular weight excluding hydrogens is 275 g/mol. The SMILES string of the molecule is CCc1ccc(-c2nc(C(=O)O)c(OC)c(N)c2F)cc1. The molecule has 0 spiro atoms. The molecule has 0 aliphatic carbocycles. The molecule has 6 heteroatoms. The van der Waals surface area contributed by atoms with Crippen LogP contribution >= 0.6 is 0 Å². The maximum atomic E-state index is 14.3. The molecule has 1 heterocycles. The molecular formula is C15H15FN2O3. The molecule has 5 nitrogen and oxygen atoms in total. The predicted molar refractivity (Wildman–Crippen MR) is 76.9 cm³/mol. The van der Waals surface area contributed by atoms with E-state index in [1.165, 1.54) is 7.11 Å². The number of carboxylic acids is 1. The molecule has 0 amide bonds. The first-order valence-corrected chi connectivity index (χ1v) is 6.35. The zero-order valence-electron chi connectivity index (χ0n) is 11.7. The van der Waals surface area contributed by atoms with Crippen molar-refractivity contribution in [1.82, 2.24) is 4.98 Å². The number of aromatic carboxylic acids is 1. The van der Waals surface area contributed by atoms with E-state index >= 15 is 0 Å². The van der Waals surface area contributed by atoms with E-state index < -0.39 is 17.5 Å². The van der Waals surface area contributed by atoms with Crippen molar-refractivity contribution in [3.63, 3.8) is 0 Å². The average Bonchev–Trinajstić information content (AvgIpc) is 2.49. The van der Waals surface area contributed by atoms with E-state index in [0.29, 0.717) is 5.56 Å². The van der Waals surface area contributed by atoms with Gasteiger partial charge in [0.05, 0.1) is 7.11 Å². The summed E-state index contributed by atoms with van der Waals surface area (Å²) in [4.78, 5) is 15.1. The second-order valence-corrected chi connectivity index (χ2v) is 4.43. The van der Waals surface area contributed by atoms with E-state index in [4.69, 9.17) is 15.6 Å². The molecule has 0 aliphatic rings. The Morgan fingerprint density at radius 2 is 2.00 bits per heavy atom. The standard InChI is InChI=1S/C15H15FN2O3/c1-3-8-4-6-9(7-5-8)12-10(16)11(17)14(21-2)13(18-12)15(19)20/h4-7H,3H2,1-2H3,(H2,17,18)(H,19,20). The number of carbonyl (C=O) groups is 1. The third-order valence-corrected chi connectivity index (χ3v) is 3.17. The Kier molecular flexibility index (Phi) is 4.07. The second kappa shape index (κ2) is 5.78. The lowest BCUT2D eigenvalue weighted by Gasteiger charge is -2.12. The molecule has 0 fully saturated rings. The van der Waals surface area contributed by atoms with E-state index in [1.54, 1.807) is 12.1 Å². The monoisotopic (exact) mass is 290 g/mol. The first-order valence-electron chi connectivity index (χ1n) is 6.35. The first kappa shape index (κ1) is 14.8. The molecule has 0 saturated heterocycles.